The zero-order valence-electron chi connectivity index (χ0n) is 14.7. The highest BCUT2D eigenvalue weighted by molar-refractivity contribution is 7.89. The molecule has 0 unspecified atom stereocenters. The van der Waals surface area contributed by atoms with Crippen molar-refractivity contribution in [3.8, 4) is 5.69 Å². The number of nitrogens with zero attached hydrogens (tertiary/aromatic N) is 3. The lowest BCUT2D eigenvalue weighted by atomic mass is 10.1. The largest absolute Gasteiger partial charge is 0.375 e. The standard InChI is InChI=1S/C17H16FN5O4S/c1-11-20-7-8-22(11)15-6-5-12(9-13(15)18)10-21-14-3-2-4-16(28(19,26)27)17(14)23(24)25/h2-9,21H,10H2,1H3,(H2,19,26,27). The van der Waals surface area contributed by atoms with Crippen molar-refractivity contribution in [1.29, 1.82) is 0 Å². The Kier molecular flexibility index (Phi) is 5.12. The molecule has 1 aromatic heterocycles. The Morgan fingerprint density at radius 1 is 1.32 bits per heavy atom. The second kappa shape index (κ2) is 7.37. The molecule has 2 aromatic carbocycles. The van der Waals surface area contributed by atoms with E-state index in [1.54, 1.807) is 36.0 Å². The molecule has 3 aromatic rings. The maximum absolute atomic E-state index is 14.5. The Balaban J connectivity index is 1.88. The molecular weight excluding hydrogens is 389 g/mol. The molecule has 0 radical (unpaired) electrons. The van der Waals surface area contributed by atoms with E-state index in [0.717, 1.165) is 6.07 Å². The molecule has 0 saturated heterocycles. The van der Waals surface area contributed by atoms with Gasteiger partial charge in [0.1, 0.15) is 17.3 Å². The van der Waals surface area contributed by atoms with Crippen LogP contribution in [0.2, 0.25) is 0 Å². The number of halogens is 1. The number of nitrogens with two attached hydrogens (primary N) is 1. The molecule has 11 heteroatoms. The molecule has 0 bridgehead atoms. The molecule has 0 atom stereocenters. The molecule has 0 aliphatic heterocycles. The number of benzene rings is 2. The fraction of sp³-hybridized carbons (Fsp3) is 0.118. The maximum atomic E-state index is 14.5. The van der Waals surface area contributed by atoms with Crippen LogP contribution in [-0.2, 0) is 16.6 Å². The number of imidazole rings is 1. The highest BCUT2D eigenvalue weighted by atomic mass is 32.2. The van der Waals surface area contributed by atoms with Crippen LogP contribution in [0.1, 0.15) is 11.4 Å². The van der Waals surface area contributed by atoms with E-state index < -0.39 is 31.3 Å². The second-order valence-corrected chi connectivity index (χ2v) is 7.47. The van der Waals surface area contributed by atoms with Gasteiger partial charge in [0.25, 0.3) is 0 Å². The first-order valence-corrected chi connectivity index (χ1v) is 9.56. The first kappa shape index (κ1) is 19.5. The summed E-state index contributed by atoms with van der Waals surface area (Å²) in [6.45, 7) is 1.78. The SMILES string of the molecule is Cc1nccn1-c1ccc(CNc2cccc(S(N)(=O)=O)c2[N+](=O)[O-])cc1F. The molecule has 0 aliphatic carbocycles. The first-order valence-electron chi connectivity index (χ1n) is 8.01. The Morgan fingerprint density at radius 2 is 2.07 bits per heavy atom. The number of aryl methyl sites for hydroxylation is 1. The summed E-state index contributed by atoms with van der Waals surface area (Å²) in [6, 6.07) is 8.25. The van der Waals surface area contributed by atoms with E-state index in [9.17, 15) is 22.9 Å². The third kappa shape index (κ3) is 3.85. The molecule has 28 heavy (non-hydrogen) atoms. The van der Waals surface area contributed by atoms with Gasteiger partial charge < -0.3 is 9.88 Å². The van der Waals surface area contributed by atoms with Gasteiger partial charge in [-0.05, 0) is 36.8 Å². The van der Waals surface area contributed by atoms with Gasteiger partial charge in [0, 0.05) is 18.9 Å². The summed E-state index contributed by atoms with van der Waals surface area (Å²) in [5.74, 6) is 0.133. The lowest BCUT2D eigenvalue weighted by Gasteiger charge is -2.11. The first-order chi connectivity index (χ1) is 13.2. The van der Waals surface area contributed by atoms with E-state index in [1.165, 1.54) is 18.2 Å². The molecule has 146 valence electrons. The minimum atomic E-state index is -4.28. The molecule has 3 rings (SSSR count). The topological polar surface area (TPSA) is 133 Å². The third-order valence-corrected chi connectivity index (χ3v) is 5.01. The number of primary sulfonamides is 1. The van der Waals surface area contributed by atoms with Crippen LogP contribution in [0, 0.1) is 22.9 Å². The van der Waals surface area contributed by atoms with Gasteiger partial charge in [-0.15, -0.1) is 0 Å². The van der Waals surface area contributed by atoms with E-state index in [1.807, 2.05) is 0 Å². The van der Waals surface area contributed by atoms with Crippen molar-refractivity contribution in [1.82, 2.24) is 9.55 Å². The molecule has 9 nitrogen and oxygen atoms in total. The molecule has 0 aliphatic rings. The summed E-state index contributed by atoms with van der Waals surface area (Å²) in [6.07, 6.45) is 3.19. The number of hydrogen-bond donors (Lipinski definition) is 2. The fourth-order valence-electron chi connectivity index (χ4n) is 2.77. The summed E-state index contributed by atoms with van der Waals surface area (Å²) in [5, 5.41) is 19.2. The highest BCUT2D eigenvalue weighted by Gasteiger charge is 2.26. The van der Waals surface area contributed by atoms with E-state index in [0.29, 0.717) is 17.1 Å². The van der Waals surface area contributed by atoms with Gasteiger partial charge in [-0.3, -0.25) is 10.1 Å². The minimum absolute atomic E-state index is 0.0357. The molecule has 3 N–H and O–H groups in total. The van der Waals surface area contributed by atoms with Gasteiger partial charge in [0.05, 0.1) is 10.6 Å². The van der Waals surface area contributed by atoms with Crippen LogP contribution in [-0.4, -0.2) is 22.9 Å². The molecule has 0 fully saturated rings. The van der Waals surface area contributed by atoms with Crippen LogP contribution in [0.4, 0.5) is 15.8 Å². The van der Waals surface area contributed by atoms with E-state index in [2.05, 4.69) is 10.3 Å². The highest BCUT2D eigenvalue weighted by Crippen LogP contribution is 2.31. The van der Waals surface area contributed by atoms with Crippen LogP contribution < -0.4 is 10.5 Å². The molecule has 0 spiro atoms. The normalized spacial score (nSPS) is 11.4. The zero-order chi connectivity index (χ0) is 20.5. The number of hydrogen-bond acceptors (Lipinski definition) is 6. The number of rotatable bonds is 6. The van der Waals surface area contributed by atoms with Crippen LogP contribution in [0.3, 0.4) is 0 Å². The van der Waals surface area contributed by atoms with Gasteiger partial charge in [-0.2, -0.15) is 0 Å². The van der Waals surface area contributed by atoms with Gasteiger partial charge in [-0.25, -0.2) is 22.9 Å². The zero-order valence-corrected chi connectivity index (χ0v) is 15.5. The van der Waals surface area contributed by atoms with Gasteiger partial charge in [0.15, 0.2) is 4.90 Å². The maximum Gasteiger partial charge on any atom is 0.312 e. The fourth-order valence-corrected chi connectivity index (χ4v) is 3.49. The number of sulfonamides is 1. The monoisotopic (exact) mass is 405 g/mol. The van der Waals surface area contributed by atoms with Gasteiger partial charge in [-0.1, -0.05) is 12.1 Å². The second-order valence-electron chi connectivity index (χ2n) is 5.94. The molecule has 1 heterocycles. The van der Waals surface area contributed by atoms with Crippen molar-refractivity contribution in [3.05, 3.63) is 76.1 Å². The molecule has 0 amide bonds. The summed E-state index contributed by atoms with van der Waals surface area (Å²) in [5.41, 5.74) is 0.137. The average Bonchev–Trinajstić information content (AvgIpc) is 3.04. The van der Waals surface area contributed by atoms with E-state index in [4.69, 9.17) is 5.14 Å². The third-order valence-electron chi connectivity index (χ3n) is 4.07. The van der Waals surface area contributed by atoms with Gasteiger partial charge in [0.2, 0.25) is 10.0 Å². The molecule has 0 saturated carbocycles. The van der Waals surface area contributed by atoms with Crippen molar-refractivity contribution in [2.45, 2.75) is 18.4 Å². The van der Waals surface area contributed by atoms with E-state index >= 15 is 0 Å². The van der Waals surface area contributed by atoms with Crippen LogP contribution in [0.15, 0.2) is 53.7 Å². The summed E-state index contributed by atoms with van der Waals surface area (Å²) >= 11 is 0. The van der Waals surface area contributed by atoms with Crippen molar-refractivity contribution in [2.75, 3.05) is 5.32 Å². The minimum Gasteiger partial charge on any atom is -0.375 e. The Labute approximate surface area is 159 Å². The lowest BCUT2D eigenvalue weighted by molar-refractivity contribution is -0.386. The van der Waals surface area contributed by atoms with Crippen molar-refractivity contribution in [3.63, 3.8) is 0 Å². The average molecular weight is 405 g/mol. The summed E-state index contributed by atoms with van der Waals surface area (Å²) in [4.78, 5) is 14.0. The smallest absolute Gasteiger partial charge is 0.312 e. The summed E-state index contributed by atoms with van der Waals surface area (Å²) in [7, 11) is -4.28. The number of nitro groups is 1. The predicted octanol–water partition coefficient (Wildman–Crippen LogP) is 2.49. The van der Waals surface area contributed by atoms with Crippen LogP contribution in [0.5, 0.6) is 0 Å². The van der Waals surface area contributed by atoms with Crippen molar-refractivity contribution < 1.29 is 17.7 Å². The number of nitrogens with one attached hydrogen (secondary N) is 1. The molecular formula is C17H16FN5O4S. The Hall–Kier alpha value is -3.31. The number of anilines is 1. The van der Waals surface area contributed by atoms with Crippen LogP contribution in [0.25, 0.3) is 5.69 Å². The number of aromatic nitrogens is 2. The number of para-hydroxylation sites is 1. The quantitative estimate of drug-likeness (QED) is 0.478. The van der Waals surface area contributed by atoms with E-state index in [-0.39, 0.29) is 12.2 Å². The van der Waals surface area contributed by atoms with Crippen LogP contribution >= 0.6 is 0 Å². The summed E-state index contributed by atoms with van der Waals surface area (Å²) < 4.78 is 39.2. The Morgan fingerprint density at radius 3 is 2.64 bits per heavy atom. The lowest BCUT2D eigenvalue weighted by Crippen LogP contribution is -2.15. The van der Waals surface area contributed by atoms with Crippen molar-refractivity contribution >= 4 is 21.4 Å². The van der Waals surface area contributed by atoms with Crippen molar-refractivity contribution in [2.24, 2.45) is 5.14 Å². The van der Waals surface area contributed by atoms with Gasteiger partial charge >= 0.3 is 5.69 Å². The predicted molar refractivity (Wildman–Crippen MR) is 100 cm³/mol. The Bertz CT molecular complexity index is 1160. The number of nitro benzene ring substituents is 1.